The van der Waals surface area contributed by atoms with Crippen molar-refractivity contribution in [1.82, 2.24) is 5.32 Å². The molecule has 0 rings (SSSR count). The second-order valence-electron chi connectivity index (χ2n) is 21.1. The van der Waals surface area contributed by atoms with Crippen molar-refractivity contribution < 1.29 is 37.3 Å². The average Bonchev–Trinajstić information content (AvgIpc) is 3.37. The van der Waals surface area contributed by atoms with Gasteiger partial charge in [0.25, 0.3) is 7.82 Å². The molecule has 0 aromatic heterocycles. The first-order chi connectivity index (χ1) is 36.4. The zero-order chi connectivity index (χ0) is 55.0. The molecule has 0 saturated heterocycles. The lowest BCUT2D eigenvalue weighted by Gasteiger charge is -2.30. The van der Waals surface area contributed by atoms with E-state index in [-0.39, 0.29) is 24.9 Å². The highest BCUT2D eigenvalue weighted by atomic mass is 31.2. The highest BCUT2D eigenvalue weighted by molar-refractivity contribution is 7.45. The number of esters is 1. The lowest BCUT2D eigenvalue weighted by Crippen LogP contribution is -2.47. The maximum atomic E-state index is 13.5. The Morgan fingerprint density at radius 1 is 0.493 bits per heavy atom. The van der Waals surface area contributed by atoms with Crippen LogP contribution in [0.25, 0.3) is 0 Å². The molecule has 3 unspecified atom stereocenters. The molecule has 0 bridgehead atoms. The van der Waals surface area contributed by atoms with Crippen LogP contribution < -0.4 is 10.2 Å². The molecule has 0 fully saturated rings. The van der Waals surface area contributed by atoms with Gasteiger partial charge in [0.15, 0.2) is 0 Å². The minimum Gasteiger partial charge on any atom is -0.756 e. The van der Waals surface area contributed by atoms with Crippen LogP contribution >= 0.6 is 7.82 Å². The number of ether oxygens (including phenoxy) is 1. The van der Waals surface area contributed by atoms with Crippen LogP contribution in [0.2, 0.25) is 0 Å². The predicted molar refractivity (Wildman–Crippen MR) is 320 cm³/mol. The number of carbonyl (C=O) groups is 2. The summed E-state index contributed by atoms with van der Waals surface area (Å²) in [6, 6.07) is -0.910. The number of hydrogen-bond donors (Lipinski definition) is 1. The minimum atomic E-state index is -4.71. The number of phosphoric ester groups is 1. The van der Waals surface area contributed by atoms with E-state index in [9.17, 15) is 19.0 Å². The highest BCUT2D eigenvalue weighted by Crippen LogP contribution is 2.38. The molecular formula is C65H113N2O7P. The fourth-order valence-corrected chi connectivity index (χ4v) is 8.86. The maximum Gasteiger partial charge on any atom is 0.306 e. The van der Waals surface area contributed by atoms with Crippen LogP contribution in [0.5, 0.6) is 0 Å². The van der Waals surface area contributed by atoms with Crippen molar-refractivity contribution >= 4 is 19.7 Å². The number of rotatable bonds is 53. The van der Waals surface area contributed by atoms with E-state index < -0.39 is 26.6 Å². The molecule has 430 valence electrons. The van der Waals surface area contributed by atoms with Crippen molar-refractivity contribution in [1.29, 1.82) is 0 Å². The quantitative estimate of drug-likeness (QED) is 0.0161. The third-order valence-electron chi connectivity index (χ3n) is 12.8. The minimum absolute atomic E-state index is 0.0339. The van der Waals surface area contributed by atoms with E-state index in [1.54, 1.807) is 0 Å². The lowest BCUT2D eigenvalue weighted by molar-refractivity contribution is -0.870. The van der Waals surface area contributed by atoms with Crippen LogP contribution in [0, 0.1) is 0 Å². The molecule has 0 heterocycles. The SMILES string of the molecule is CC/C=C\C/C=C\C/C=C\C/C=C\C/C=C\CCCCCCCC(=O)OC(/C=C\CCCCCCCCCCCCC)C(COP(=O)([O-])OCC[N+](C)(C)C)NC(=O)CCCCCCCCC/C=C/C=C/C=C/CC. The summed E-state index contributed by atoms with van der Waals surface area (Å²) < 4.78 is 30.3. The van der Waals surface area contributed by atoms with Crippen LogP contribution in [-0.2, 0) is 27.9 Å². The summed E-state index contributed by atoms with van der Waals surface area (Å²) in [6.45, 7) is 6.56. The zero-order valence-corrected chi connectivity index (χ0v) is 49.9. The van der Waals surface area contributed by atoms with E-state index in [0.717, 1.165) is 122 Å². The average molecular weight is 1070 g/mol. The fraction of sp³-hybridized carbons (Fsp3) is 0.692. The molecule has 75 heavy (non-hydrogen) atoms. The van der Waals surface area contributed by atoms with Gasteiger partial charge in [0.05, 0.1) is 33.8 Å². The number of allylic oxidation sites excluding steroid dienone is 17. The molecule has 1 N–H and O–H groups in total. The molecule has 0 aliphatic rings. The van der Waals surface area contributed by atoms with Gasteiger partial charge in [-0.2, -0.15) is 0 Å². The first kappa shape index (κ1) is 71.7. The first-order valence-corrected chi connectivity index (χ1v) is 31.7. The predicted octanol–water partition coefficient (Wildman–Crippen LogP) is 17.9. The van der Waals surface area contributed by atoms with E-state index in [4.69, 9.17) is 13.8 Å². The summed E-state index contributed by atoms with van der Waals surface area (Å²) in [7, 11) is 1.15. The molecule has 0 aromatic rings. The van der Waals surface area contributed by atoms with E-state index in [2.05, 4.69) is 123 Å². The third-order valence-corrected chi connectivity index (χ3v) is 13.7. The van der Waals surface area contributed by atoms with Crippen LogP contribution in [0.1, 0.15) is 239 Å². The summed E-state index contributed by atoms with van der Waals surface area (Å²) >= 11 is 0. The Balaban J connectivity index is 5.36. The molecular weight excluding hydrogens is 952 g/mol. The topological polar surface area (TPSA) is 114 Å². The van der Waals surface area contributed by atoms with Gasteiger partial charge in [-0.25, -0.2) is 0 Å². The van der Waals surface area contributed by atoms with Crippen molar-refractivity contribution in [2.75, 3.05) is 40.9 Å². The Hall–Kier alpha value is -3.33. The number of nitrogens with one attached hydrogen (secondary N) is 1. The molecule has 3 atom stereocenters. The number of amides is 1. The Labute approximate surface area is 461 Å². The second-order valence-corrected chi connectivity index (χ2v) is 22.6. The van der Waals surface area contributed by atoms with E-state index in [1.165, 1.54) is 77.0 Å². The summed E-state index contributed by atoms with van der Waals surface area (Å²) in [5.74, 6) is -0.583. The molecule has 0 aromatic carbocycles. The van der Waals surface area contributed by atoms with Gasteiger partial charge in [0.1, 0.15) is 19.3 Å². The van der Waals surface area contributed by atoms with Crippen LogP contribution in [0.15, 0.2) is 109 Å². The Bertz CT molecular complexity index is 1650. The Kier molecular flexibility index (Phi) is 51.6. The van der Waals surface area contributed by atoms with Gasteiger partial charge in [0, 0.05) is 12.8 Å². The summed E-state index contributed by atoms with van der Waals surface area (Å²) in [4.78, 5) is 40.0. The van der Waals surface area contributed by atoms with E-state index in [1.807, 2.05) is 33.3 Å². The highest BCUT2D eigenvalue weighted by Gasteiger charge is 2.27. The monoisotopic (exact) mass is 1060 g/mol. The van der Waals surface area contributed by atoms with Crippen LogP contribution in [-0.4, -0.2) is 69.4 Å². The van der Waals surface area contributed by atoms with Crippen molar-refractivity contribution in [3.05, 3.63) is 109 Å². The normalized spacial score (nSPS) is 14.5. The number of likely N-dealkylation sites (N-methyl/N-ethyl adjacent to an activating group) is 1. The van der Waals surface area contributed by atoms with Crippen LogP contribution in [0.3, 0.4) is 0 Å². The summed E-state index contributed by atoms with van der Waals surface area (Å²) in [5, 5.41) is 3.01. The van der Waals surface area contributed by atoms with E-state index >= 15 is 0 Å². The second kappa shape index (κ2) is 54.0. The van der Waals surface area contributed by atoms with Gasteiger partial charge >= 0.3 is 5.97 Å². The molecule has 0 saturated carbocycles. The zero-order valence-electron chi connectivity index (χ0n) is 49.0. The van der Waals surface area contributed by atoms with Gasteiger partial charge in [-0.05, 0) is 96.0 Å². The van der Waals surface area contributed by atoms with Crippen molar-refractivity contribution in [3.63, 3.8) is 0 Å². The number of unbranched alkanes of at least 4 members (excludes halogenated alkanes) is 23. The van der Waals surface area contributed by atoms with Gasteiger partial charge in [-0.15, -0.1) is 0 Å². The van der Waals surface area contributed by atoms with E-state index in [0.29, 0.717) is 23.9 Å². The Morgan fingerprint density at radius 2 is 0.920 bits per heavy atom. The number of hydrogen-bond acceptors (Lipinski definition) is 7. The molecule has 10 heteroatoms. The third kappa shape index (κ3) is 55.2. The maximum absolute atomic E-state index is 13.5. The van der Waals surface area contributed by atoms with Crippen molar-refractivity contribution in [2.24, 2.45) is 0 Å². The molecule has 9 nitrogen and oxygen atoms in total. The molecule has 0 radical (unpaired) electrons. The number of phosphoric acid groups is 1. The molecule has 0 spiro atoms. The Morgan fingerprint density at radius 3 is 1.43 bits per heavy atom. The molecule has 0 aliphatic heterocycles. The molecule has 0 aliphatic carbocycles. The molecule has 1 amide bonds. The van der Waals surface area contributed by atoms with Gasteiger partial charge in [0.2, 0.25) is 5.91 Å². The van der Waals surface area contributed by atoms with Crippen LogP contribution in [0.4, 0.5) is 0 Å². The number of carbonyl (C=O) groups excluding carboxylic acids is 2. The fourth-order valence-electron chi connectivity index (χ4n) is 8.14. The van der Waals surface area contributed by atoms with Gasteiger partial charge < -0.3 is 28.5 Å². The summed E-state index contributed by atoms with van der Waals surface area (Å²) in [5.41, 5.74) is 0. The van der Waals surface area contributed by atoms with Crippen molar-refractivity contribution in [2.45, 2.75) is 251 Å². The lowest BCUT2D eigenvalue weighted by atomic mass is 10.0. The standard InChI is InChI=1S/C65H113N2O7P/c1-7-10-13-16-19-22-25-28-30-31-32-33-34-35-37-40-43-46-49-52-55-58-65(69)74-63(56-53-50-47-44-41-38-27-24-21-18-15-12-9-3)62(61-73-75(70,71)72-60-59-67(4,5)6)66-64(68)57-54-51-48-45-42-39-36-29-26-23-20-17-14-11-8-2/h10-11,13-14,17,19-20,22-23,26,28,30,32-33,35,37,53,56,62-63H,7-9,12,15-16,18,21,24-25,27,29,31,34,36,38-52,54-55,57-61H2,1-6H3,(H-,66,68,70,71)/b13-10-,14-11+,20-17+,22-19-,26-23+,30-28-,33-32-,37-35-,56-53-. The number of quaternary nitrogens is 1. The summed E-state index contributed by atoms with van der Waals surface area (Å²) in [6.07, 6.45) is 73.3. The van der Waals surface area contributed by atoms with Gasteiger partial charge in [-0.3, -0.25) is 14.2 Å². The smallest absolute Gasteiger partial charge is 0.306 e. The first-order valence-electron chi connectivity index (χ1n) is 30.2. The number of nitrogens with zero attached hydrogens (tertiary/aromatic N) is 1. The van der Waals surface area contributed by atoms with Crippen molar-refractivity contribution in [3.8, 4) is 0 Å². The van der Waals surface area contributed by atoms with Gasteiger partial charge in [-0.1, -0.05) is 240 Å². The largest absolute Gasteiger partial charge is 0.756 e.